The smallest absolute Gasteiger partial charge is 0.257 e. The summed E-state index contributed by atoms with van der Waals surface area (Å²) < 4.78 is 5.00. The van der Waals surface area contributed by atoms with E-state index in [-0.39, 0.29) is 11.9 Å². The van der Waals surface area contributed by atoms with E-state index in [1.807, 2.05) is 50.2 Å². The van der Waals surface area contributed by atoms with Crippen LogP contribution in [0.4, 0.5) is 0 Å². The standard InChI is InChI=1S/C17H18N4O2/c1-11(8-14-9-12(2)19-20-14)18-17(22)15-10-23-21-16(15)13-6-4-3-5-7-13/h3-7,9-11H,8H2,1-2H3,(H,18,22)(H,19,20)/t11-/m0/s1. The first-order valence-electron chi connectivity index (χ1n) is 7.45. The molecule has 3 rings (SSSR count). The van der Waals surface area contributed by atoms with Crippen molar-refractivity contribution in [2.75, 3.05) is 0 Å². The highest BCUT2D eigenvalue weighted by atomic mass is 16.5. The van der Waals surface area contributed by atoms with Crippen LogP contribution in [0.2, 0.25) is 0 Å². The molecule has 0 fully saturated rings. The number of aromatic amines is 1. The SMILES string of the molecule is Cc1cc(C[C@H](C)NC(=O)c2conc2-c2ccccc2)n[nH]1. The van der Waals surface area contributed by atoms with E-state index in [1.54, 1.807) is 0 Å². The van der Waals surface area contributed by atoms with E-state index in [0.29, 0.717) is 17.7 Å². The minimum Gasteiger partial charge on any atom is -0.363 e. The molecule has 0 saturated carbocycles. The maximum Gasteiger partial charge on any atom is 0.257 e. The van der Waals surface area contributed by atoms with Crippen LogP contribution >= 0.6 is 0 Å². The summed E-state index contributed by atoms with van der Waals surface area (Å²) in [5.74, 6) is -0.204. The first-order chi connectivity index (χ1) is 11.1. The minimum atomic E-state index is -0.204. The van der Waals surface area contributed by atoms with Gasteiger partial charge in [0.25, 0.3) is 5.91 Å². The van der Waals surface area contributed by atoms with Crippen LogP contribution in [-0.4, -0.2) is 27.3 Å². The number of aromatic nitrogens is 3. The topological polar surface area (TPSA) is 83.8 Å². The zero-order valence-corrected chi connectivity index (χ0v) is 13.0. The summed E-state index contributed by atoms with van der Waals surface area (Å²) in [5, 5.41) is 14.0. The van der Waals surface area contributed by atoms with Crippen LogP contribution < -0.4 is 5.32 Å². The van der Waals surface area contributed by atoms with Crippen LogP contribution in [-0.2, 0) is 6.42 Å². The van der Waals surface area contributed by atoms with E-state index in [2.05, 4.69) is 20.7 Å². The molecular formula is C17H18N4O2. The molecule has 0 radical (unpaired) electrons. The zero-order chi connectivity index (χ0) is 16.2. The average molecular weight is 310 g/mol. The molecule has 0 aliphatic heterocycles. The lowest BCUT2D eigenvalue weighted by Crippen LogP contribution is -2.34. The quantitative estimate of drug-likeness (QED) is 0.759. The molecule has 0 saturated heterocycles. The van der Waals surface area contributed by atoms with Crippen molar-refractivity contribution in [3.8, 4) is 11.3 Å². The lowest BCUT2D eigenvalue weighted by Gasteiger charge is -2.12. The van der Waals surface area contributed by atoms with E-state index in [1.165, 1.54) is 6.26 Å². The van der Waals surface area contributed by atoms with E-state index < -0.39 is 0 Å². The molecule has 6 nitrogen and oxygen atoms in total. The van der Waals surface area contributed by atoms with Gasteiger partial charge in [-0.25, -0.2) is 0 Å². The predicted octanol–water partition coefficient (Wildman–Crippen LogP) is 2.73. The fraction of sp³-hybridized carbons (Fsp3) is 0.235. The van der Waals surface area contributed by atoms with Gasteiger partial charge in [0.15, 0.2) is 0 Å². The Morgan fingerprint density at radius 2 is 2.13 bits per heavy atom. The van der Waals surface area contributed by atoms with Gasteiger partial charge in [-0.1, -0.05) is 35.5 Å². The molecule has 23 heavy (non-hydrogen) atoms. The van der Waals surface area contributed by atoms with E-state index in [4.69, 9.17) is 4.52 Å². The van der Waals surface area contributed by atoms with E-state index in [9.17, 15) is 4.79 Å². The van der Waals surface area contributed by atoms with Gasteiger partial charge in [-0.15, -0.1) is 0 Å². The molecule has 0 bridgehead atoms. The Bertz CT molecular complexity index is 792. The van der Waals surface area contributed by atoms with Crippen molar-refractivity contribution in [1.29, 1.82) is 0 Å². The van der Waals surface area contributed by atoms with Crippen LogP contribution in [0.1, 0.15) is 28.7 Å². The van der Waals surface area contributed by atoms with Gasteiger partial charge in [-0.3, -0.25) is 9.89 Å². The molecule has 2 heterocycles. The summed E-state index contributed by atoms with van der Waals surface area (Å²) in [6, 6.07) is 11.4. The Balaban J connectivity index is 1.70. The number of nitrogens with zero attached hydrogens (tertiary/aromatic N) is 2. The molecule has 0 unspecified atom stereocenters. The number of nitrogens with one attached hydrogen (secondary N) is 2. The van der Waals surface area contributed by atoms with Crippen LogP contribution in [0.15, 0.2) is 47.2 Å². The lowest BCUT2D eigenvalue weighted by molar-refractivity contribution is 0.0940. The Labute approximate surface area is 133 Å². The normalized spacial score (nSPS) is 12.1. The molecule has 0 aliphatic rings. The van der Waals surface area contributed by atoms with Crippen LogP contribution in [0, 0.1) is 6.92 Å². The van der Waals surface area contributed by atoms with Crippen molar-refractivity contribution in [3.05, 3.63) is 59.6 Å². The summed E-state index contributed by atoms with van der Waals surface area (Å²) in [6.45, 7) is 3.89. The Kier molecular flexibility index (Phi) is 4.23. The Morgan fingerprint density at radius 3 is 2.83 bits per heavy atom. The fourth-order valence-electron chi connectivity index (χ4n) is 2.45. The van der Waals surface area contributed by atoms with Crippen LogP contribution in [0.5, 0.6) is 0 Å². The number of rotatable bonds is 5. The third-order valence-electron chi connectivity index (χ3n) is 3.51. The number of aryl methyl sites for hydroxylation is 1. The lowest BCUT2D eigenvalue weighted by atomic mass is 10.1. The van der Waals surface area contributed by atoms with Gasteiger partial charge in [0.05, 0.1) is 5.69 Å². The highest BCUT2D eigenvalue weighted by Crippen LogP contribution is 2.21. The van der Waals surface area contributed by atoms with E-state index >= 15 is 0 Å². The van der Waals surface area contributed by atoms with Crippen LogP contribution in [0.25, 0.3) is 11.3 Å². The molecule has 6 heteroatoms. The molecule has 118 valence electrons. The first kappa shape index (κ1) is 15.0. The van der Waals surface area contributed by atoms with Crippen molar-refractivity contribution in [2.24, 2.45) is 0 Å². The largest absolute Gasteiger partial charge is 0.363 e. The molecular weight excluding hydrogens is 292 g/mol. The number of hydrogen-bond donors (Lipinski definition) is 2. The highest BCUT2D eigenvalue weighted by Gasteiger charge is 2.19. The van der Waals surface area contributed by atoms with Gasteiger partial charge in [0.1, 0.15) is 17.5 Å². The third kappa shape index (κ3) is 3.48. The summed E-state index contributed by atoms with van der Waals surface area (Å²) in [5.41, 5.74) is 3.75. The summed E-state index contributed by atoms with van der Waals surface area (Å²) in [7, 11) is 0. The Hall–Kier alpha value is -2.89. The third-order valence-corrected chi connectivity index (χ3v) is 3.51. The van der Waals surface area contributed by atoms with Gasteiger partial charge in [-0.05, 0) is 19.9 Å². The maximum atomic E-state index is 12.5. The van der Waals surface area contributed by atoms with Crippen molar-refractivity contribution >= 4 is 5.91 Å². The summed E-state index contributed by atoms with van der Waals surface area (Å²) in [4.78, 5) is 12.5. The molecule has 1 amide bonds. The fourth-order valence-corrected chi connectivity index (χ4v) is 2.45. The number of hydrogen-bond acceptors (Lipinski definition) is 4. The van der Waals surface area contributed by atoms with E-state index in [0.717, 1.165) is 17.0 Å². The number of carbonyl (C=O) groups is 1. The van der Waals surface area contributed by atoms with Crippen molar-refractivity contribution < 1.29 is 9.32 Å². The van der Waals surface area contributed by atoms with Crippen molar-refractivity contribution in [3.63, 3.8) is 0 Å². The molecule has 1 atom stereocenters. The van der Waals surface area contributed by atoms with Gasteiger partial charge in [0.2, 0.25) is 0 Å². The molecule has 2 aromatic heterocycles. The van der Waals surface area contributed by atoms with Crippen molar-refractivity contribution in [1.82, 2.24) is 20.7 Å². The zero-order valence-electron chi connectivity index (χ0n) is 13.0. The second kappa shape index (κ2) is 6.48. The van der Waals surface area contributed by atoms with Gasteiger partial charge in [0, 0.05) is 23.7 Å². The molecule has 0 spiro atoms. The molecule has 2 N–H and O–H groups in total. The summed E-state index contributed by atoms with van der Waals surface area (Å²) >= 11 is 0. The molecule has 3 aromatic rings. The van der Waals surface area contributed by atoms with Gasteiger partial charge >= 0.3 is 0 Å². The Morgan fingerprint density at radius 1 is 1.35 bits per heavy atom. The number of H-pyrrole nitrogens is 1. The second-order valence-electron chi connectivity index (χ2n) is 5.56. The highest BCUT2D eigenvalue weighted by molar-refractivity contribution is 5.99. The van der Waals surface area contributed by atoms with Crippen molar-refractivity contribution in [2.45, 2.75) is 26.3 Å². The second-order valence-corrected chi connectivity index (χ2v) is 5.56. The number of carbonyl (C=O) groups excluding carboxylic acids is 1. The van der Waals surface area contributed by atoms with Crippen LogP contribution in [0.3, 0.4) is 0 Å². The number of benzene rings is 1. The maximum absolute atomic E-state index is 12.5. The number of amides is 1. The molecule has 0 aliphatic carbocycles. The monoisotopic (exact) mass is 310 g/mol. The average Bonchev–Trinajstić information content (AvgIpc) is 3.17. The van der Waals surface area contributed by atoms with Gasteiger partial charge < -0.3 is 9.84 Å². The predicted molar refractivity (Wildman–Crippen MR) is 85.9 cm³/mol. The first-order valence-corrected chi connectivity index (χ1v) is 7.45. The minimum absolute atomic E-state index is 0.0521. The molecule has 1 aromatic carbocycles. The van der Waals surface area contributed by atoms with Gasteiger partial charge in [-0.2, -0.15) is 5.10 Å². The summed E-state index contributed by atoms with van der Waals surface area (Å²) in [6.07, 6.45) is 2.03.